The maximum Gasteiger partial charge on any atom is 0.227 e. The Bertz CT molecular complexity index is 294. The molecule has 1 N–H and O–H groups in total. The molecule has 104 valence electrons. The summed E-state index contributed by atoms with van der Waals surface area (Å²) in [7, 11) is 0. The number of hydrogen-bond acceptors (Lipinski definition) is 5. The zero-order valence-electron chi connectivity index (χ0n) is 10.9. The van der Waals surface area contributed by atoms with E-state index in [-0.39, 0.29) is 24.2 Å². The Morgan fingerprint density at radius 2 is 2.06 bits per heavy atom. The first-order valence-electron chi connectivity index (χ1n) is 6.16. The molecule has 0 saturated carbocycles. The summed E-state index contributed by atoms with van der Waals surface area (Å²) in [5, 5.41) is 9.62. The zero-order valence-corrected chi connectivity index (χ0v) is 10.9. The van der Waals surface area contributed by atoms with Crippen LogP contribution in [0, 0.1) is 5.92 Å². The van der Waals surface area contributed by atoms with Crippen LogP contribution in [0.4, 0.5) is 0 Å². The Labute approximate surface area is 107 Å². The molecule has 1 saturated heterocycles. The Morgan fingerprint density at radius 3 is 2.61 bits per heavy atom. The third-order valence-corrected chi connectivity index (χ3v) is 2.78. The molecule has 0 bridgehead atoms. The number of aliphatic hydroxyl groups is 1. The number of hydrogen-bond donors (Lipinski definition) is 1. The lowest BCUT2D eigenvalue weighted by molar-refractivity contribution is -0.136. The van der Waals surface area contributed by atoms with Crippen molar-refractivity contribution in [2.45, 2.75) is 26.5 Å². The molecule has 1 fully saturated rings. The van der Waals surface area contributed by atoms with Crippen LogP contribution < -0.4 is 0 Å². The molecule has 0 aliphatic carbocycles. The van der Waals surface area contributed by atoms with E-state index in [0.717, 1.165) is 0 Å². The number of amides is 1. The van der Waals surface area contributed by atoms with Crippen molar-refractivity contribution in [2.75, 3.05) is 33.0 Å². The van der Waals surface area contributed by atoms with Gasteiger partial charge in [0.1, 0.15) is 12.8 Å². The number of carbonyl (C=O) groups is 2. The van der Waals surface area contributed by atoms with E-state index < -0.39 is 6.23 Å². The molecular weight excluding hydrogens is 238 g/mol. The molecule has 6 heteroatoms. The first-order valence-corrected chi connectivity index (χ1v) is 6.16. The number of ketones is 1. The monoisotopic (exact) mass is 259 g/mol. The molecule has 1 aliphatic heterocycles. The van der Waals surface area contributed by atoms with Crippen LogP contribution in [0.3, 0.4) is 0 Å². The van der Waals surface area contributed by atoms with E-state index in [1.54, 1.807) is 0 Å². The average molecular weight is 259 g/mol. The van der Waals surface area contributed by atoms with Crippen molar-refractivity contribution in [1.82, 2.24) is 4.90 Å². The third kappa shape index (κ3) is 4.72. The summed E-state index contributed by atoms with van der Waals surface area (Å²) < 4.78 is 10.3. The largest absolute Gasteiger partial charge is 0.377 e. The molecule has 6 nitrogen and oxygen atoms in total. The Kier molecular flexibility index (Phi) is 6.24. The van der Waals surface area contributed by atoms with Gasteiger partial charge in [-0.25, -0.2) is 0 Å². The van der Waals surface area contributed by atoms with Crippen LogP contribution >= 0.6 is 0 Å². The molecule has 1 rings (SSSR count). The van der Waals surface area contributed by atoms with Crippen LogP contribution in [0.1, 0.15) is 20.3 Å². The van der Waals surface area contributed by atoms with Crippen molar-refractivity contribution >= 4 is 11.7 Å². The van der Waals surface area contributed by atoms with Crippen molar-refractivity contribution in [3.05, 3.63) is 0 Å². The number of aliphatic hydroxyl groups excluding tert-OH is 1. The minimum atomic E-state index is -0.690. The lowest BCUT2D eigenvalue weighted by atomic mass is 10.1. The average Bonchev–Trinajstić information content (AvgIpc) is 2.53. The van der Waals surface area contributed by atoms with Gasteiger partial charge in [0.05, 0.1) is 19.8 Å². The highest BCUT2D eigenvalue weighted by atomic mass is 16.5. The molecule has 2 atom stereocenters. The standard InChI is InChI=1S/C12H21NO5/c1-9-7-11(15)13(12(9)16)3-4-17-5-6-18-8-10(2)14/h9,11,15H,3-8H2,1-2H3. The molecule has 0 spiro atoms. The highest BCUT2D eigenvalue weighted by Gasteiger charge is 2.34. The predicted octanol–water partition coefficient (Wildman–Crippen LogP) is -0.205. The van der Waals surface area contributed by atoms with Crippen molar-refractivity contribution in [3.8, 4) is 0 Å². The smallest absolute Gasteiger partial charge is 0.227 e. The quantitative estimate of drug-likeness (QED) is 0.611. The van der Waals surface area contributed by atoms with E-state index >= 15 is 0 Å². The molecule has 2 unspecified atom stereocenters. The fourth-order valence-electron chi connectivity index (χ4n) is 1.83. The van der Waals surface area contributed by atoms with E-state index in [1.807, 2.05) is 6.92 Å². The minimum Gasteiger partial charge on any atom is -0.377 e. The summed E-state index contributed by atoms with van der Waals surface area (Å²) in [6.45, 7) is 4.85. The van der Waals surface area contributed by atoms with Crippen LogP contribution in [0.5, 0.6) is 0 Å². The van der Waals surface area contributed by atoms with Crippen LogP contribution in [-0.2, 0) is 19.1 Å². The van der Waals surface area contributed by atoms with E-state index in [1.165, 1.54) is 11.8 Å². The molecule has 1 aliphatic rings. The fraction of sp³-hybridized carbons (Fsp3) is 0.833. The van der Waals surface area contributed by atoms with Gasteiger partial charge in [-0.3, -0.25) is 9.59 Å². The van der Waals surface area contributed by atoms with Gasteiger partial charge in [0.2, 0.25) is 5.91 Å². The van der Waals surface area contributed by atoms with Crippen molar-refractivity contribution in [3.63, 3.8) is 0 Å². The second-order valence-electron chi connectivity index (χ2n) is 4.52. The van der Waals surface area contributed by atoms with Gasteiger partial charge < -0.3 is 19.5 Å². The van der Waals surface area contributed by atoms with Gasteiger partial charge in [-0.2, -0.15) is 0 Å². The molecule has 18 heavy (non-hydrogen) atoms. The van der Waals surface area contributed by atoms with Gasteiger partial charge in [0, 0.05) is 18.9 Å². The number of nitrogens with zero attached hydrogens (tertiary/aromatic N) is 1. The Hall–Kier alpha value is -0.980. The maximum atomic E-state index is 11.6. The van der Waals surface area contributed by atoms with Crippen LogP contribution in [0.25, 0.3) is 0 Å². The van der Waals surface area contributed by atoms with Crippen LogP contribution in [0.15, 0.2) is 0 Å². The molecule has 0 aromatic heterocycles. The first-order chi connectivity index (χ1) is 8.52. The highest BCUT2D eigenvalue weighted by Crippen LogP contribution is 2.21. The minimum absolute atomic E-state index is 0.0187. The number of rotatable bonds is 8. The van der Waals surface area contributed by atoms with E-state index in [4.69, 9.17) is 9.47 Å². The highest BCUT2D eigenvalue weighted by molar-refractivity contribution is 5.80. The summed E-state index contributed by atoms with van der Waals surface area (Å²) >= 11 is 0. The first kappa shape index (κ1) is 15.1. The molecule has 0 aromatic carbocycles. The normalized spacial score (nSPS) is 23.7. The second kappa shape index (κ2) is 7.45. The summed E-state index contributed by atoms with van der Waals surface area (Å²) in [5.74, 6) is -0.160. The summed E-state index contributed by atoms with van der Waals surface area (Å²) in [6.07, 6.45) is -0.203. The van der Waals surface area contributed by atoms with Gasteiger partial charge in [-0.15, -0.1) is 0 Å². The van der Waals surface area contributed by atoms with Crippen molar-refractivity contribution in [2.24, 2.45) is 5.92 Å². The Morgan fingerprint density at radius 1 is 1.39 bits per heavy atom. The zero-order chi connectivity index (χ0) is 13.5. The van der Waals surface area contributed by atoms with Gasteiger partial charge >= 0.3 is 0 Å². The molecule has 1 amide bonds. The molecule has 1 heterocycles. The number of Topliss-reactive ketones (excluding diaryl/α,β-unsaturated/α-hetero) is 1. The molecule has 0 aromatic rings. The Balaban J connectivity index is 2.04. The van der Waals surface area contributed by atoms with Crippen LogP contribution in [0.2, 0.25) is 0 Å². The number of carbonyl (C=O) groups excluding carboxylic acids is 2. The molecule has 0 radical (unpaired) electrons. The summed E-state index contributed by atoms with van der Waals surface area (Å²) in [4.78, 5) is 23.6. The van der Waals surface area contributed by atoms with E-state index in [2.05, 4.69) is 0 Å². The number of ether oxygens (including phenoxy) is 2. The maximum absolute atomic E-state index is 11.6. The molecular formula is C12H21NO5. The van der Waals surface area contributed by atoms with Gasteiger partial charge in [0.25, 0.3) is 0 Å². The van der Waals surface area contributed by atoms with Gasteiger partial charge in [0.15, 0.2) is 5.78 Å². The van der Waals surface area contributed by atoms with Gasteiger partial charge in [-0.1, -0.05) is 6.92 Å². The summed E-state index contributed by atoms with van der Waals surface area (Å²) in [6, 6.07) is 0. The predicted molar refractivity (Wildman–Crippen MR) is 63.8 cm³/mol. The fourth-order valence-corrected chi connectivity index (χ4v) is 1.83. The third-order valence-electron chi connectivity index (χ3n) is 2.78. The van der Waals surface area contributed by atoms with Crippen molar-refractivity contribution < 1.29 is 24.2 Å². The van der Waals surface area contributed by atoms with Gasteiger partial charge in [-0.05, 0) is 6.92 Å². The SMILES string of the molecule is CC(=O)COCCOCCN1C(=O)C(C)CC1O. The van der Waals surface area contributed by atoms with E-state index in [9.17, 15) is 14.7 Å². The second-order valence-corrected chi connectivity index (χ2v) is 4.52. The number of likely N-dealkylation sites (tertiary alicyclic amines) is 1. The summed E-state index contributed by atoms with van der Waals surface area (Å²) in [5.41, 5.74) is 0. The lowest BCUT2D eigenvalue weighted by Gasteiger charge is -2.20. The lowest BCUT2D eigenvalue weighted by Crippen LogP contribution is -2.36. The topological polar surface area (TPSA) is 76.1 Å². The van der Waals surface area contributed by atoms with E-state index in [0.29, 0.717) is 32.8 Å². The van der Waals surface area contributed by atoms with Crippen LogP contribution in [-0.4, -0.2) is 60.9 Å². The van der Waals surface area contributed by atoms with Crippen molar-refractivity contribution in [1.29, 1.82) is 0 Å².